The van der Waals surface area contributed by atoms with Crippen LogP contribution >= 0.6 is 24.8 Å². The molecule has 1 aromatic heterocycles. The largest absolute Gasteiger partial charge is 0.371 e. The normalized spacial score (nSPS) is 16.5. The van der Waals surface area contributed by atoms with Crippen LogP contribution in [0.5, 0.6) is 0 Å². The number of nitrogens with two attached hydrogens (primary N) is 1. The Bertz CT molecular complexity index is 822. The van der Waals surface area contributed by atoms with Crippen LogP contribution in [0.1, 0.15) is 35.4 Å². The summed E-state index contributed by atoms with van der Waals surface area (Å²) in [5, 5.41) is 14.6. The molecule has 2 heterocycles. The molecule has 0 radical (unpaired) electrons. The Morgan fingerprint density at radius 2 is 2.11 bits per heavy atom. The Morgan fingerprint density at radius 1 is 1.36 bits per heavy atom. The second-order valence-electron chi connectivity index (χ2n) is 6.41. The molecule has 1 fully saturated rings. The summed E-state index contributed by atoms with van der Waals surface area (Å²) in [5.41, 5.74) is 7.11. The Labute approximate surface area is 175 Å². The third-order valence-electron chi connectivity index (χ3n) is 4.46. The van der Waals surface area contributed by atoms with Crippen molar-refractivity contribution in [1.29, 1.82) is 0 Å². The van der Waals surface area contributed by atoms with Crippen molar-refractivity contribution >= 4 is 42.1 Å². The third kappa shape index (κ3) is 5.31. The minimum atomic E-state index is -0.486. The lowest BCUT2D eigenvalue weighted by molar-refractivity contribution is -0.384. The molecule has 3 N–H and O–H groups in total. The van der Waals surface area contributed by atoms with Crippen molar-refractivity contribution in [2.45, 2.75) is 25.4 Å². The van der Waals surface area contributed by atoms with Gasteiger partial charge in [0.2, 0.25) is 0 Å². The van der Waals surface area contributed by atoms with Gasteiger partial charge in [0, 0.05) is 37.0 Å². The Balaban J connectivity index is 0.00000196. The van der Waals surface area contributed by atoms with Crippen LogP contribution in [0.3, 0.4) is 0 Å². The lowest BCUT2D eigenvalue weighted by atomic mass is 10.1. The number of amides is 1. The topological polar surface area (TPSA) is 114 Å². The SMILES string of the molecule is CC(Nc1ccc(C(=O)N2CC[C@@H](N)C2)cc1[N+](=O)[O-])c1ccccn1.Cl.Cl. The summed E-state index contributed by atoms with van der Waals surface area (Å²) in [6.45, 7) is 2.92. The number of rotatable bonds is 5. The highest BCUT2D eigenvalue weighted by atomic mass is 35.5. The monoisotopic (exact) mass is 427 g/mol. The molecule has 0 saturated carbocycles. The first-order valence-corrected chi connectivity index (χ1v) is 8.46. The standard InChI is InChI=1S/C18H21N5O3.2ClH/c1-12(15-4-2-3-8-20-15)21-16-6-5-13(10-17(16)23(25)26)18(24)22-9-7-14(19)11-22;;/h2-6,8,10,12,14,21H,7,9,11,19H2,1H3;2*1H/t12?,14-;;/m1../s1. The molecule has 1 amide bonds. The number of nitrogens with one attached hydrogen (secondary N) is 1. The van der Waals surface area contributed by atoms with Gasteiger partial charge in [-0.3, -0.25) is 19.9 Å². The third-order valence-corrected chi connectivity index (χ3v) is 4.46. The summed E-state index contributed by atoms with van der Waals surface area (Å²) < 4.78 is 0. The van der Waals surface area contributed by atoms with Gasteiger partial charge < -0.3 is 16.0 Å². The van der Waals surface area contributed by atoms with E-state index in [4.69, 9.17) is 5.73 Å². The zero-order chi connectivity index (χ0) is 18.7. The zero-order valence-electron chi connectivity index (χ0n) is 15.3. The number of hydrogen-bond donors (Lipinski definition) is 2. The van der Waals surface area contributed by atoms with Crippen LogP contribution in [0.2, 0.25) is 0 Å². The molecule has 8 nitrogen and oxygen atoms in total. The van der Waals surface area contributed by atoms with Gasteiger partial charge in [-0.05, 0) is 37.6 Å². The lowest BCUT2D eigenvalue weighted by Crippen LogP contribution is -2.31. The first-order chi connectivity index (χ1) is 12.5. The quantitative estimate of drug-likeness (QED) is 0.559. The minimum absolute atomic E-state index is 0. The number of anilines is 1. The van der Waals surface area contributed by atoms with Crippen LogP contribution in [0.25, 0.3) is 0 Å². The van der Waals surface area contributed by atoms with Crippen molar-refractivity contribution in [2.75, 3.05) is 18.4 Å². The van der Waals surface area contributed by atoms with Gasteiger partial charge in [-0.15, -0.1) is 24.8 Å². The molecule has 1 unspecified atom stereocenters. The second kappa shape index (κ2) is 10.2. The Hall–Kier alpha value is -2.42. The molecule has 0 aliphatic carbocycles. The van der Waals surface area contributed by atoms with Gasteiger partial charge in [-0.2, -0.15) is 0 Å². The molecule has 152 valence electrons. The number of halogens is 2. The average Bonchev–Trinajstić information content (AvgIpc) is 3.08. The van der Waals surface area contributed by atoms with E-state index in [-0.39, 0.29) is 48.5 Å². The van der Waals surface area contributed by atoms with Crippen molar-refractivity contribution in [3.8, 4) is 0 Å². The predicted octanol–water partition coefficient (Wildman–Crippen LogP) is 3.18. The van der Waals surface area contributed by atoms with E-state index in [0.29, 0.717) is 24.3 Å². The summed E-state index contributed by atoms with van der Waals surface area (Å²) in [6.07, 6.45) is 2.42. The number of pyridine rings is 1. The molecule has 28 heavy (non-hydrogen) atoms. The van der Waals surface area contributed by atoms with Crippen LogP contribution in [-0.2, 0) is 0 Å². The maximum atomic E-state index is 12.5. The van der Waals surface area contributed by atoms with Gasteiger partial charge in [-0.25, -0.2) is 0 Å². The summed E-state index contributed by atoms with van der Waals surface area (Å²) in [4.78, 5) is 29.4. The lowest BCUT2D eigenvalue weighted by Gasteiger charge is -2.17. The molecular formula is C18H23Cl2N5O3. The highest BCUT2D eigenvalue weighted by molar-refractivity contribution is 5.96. The maximum absolute atomic E-state index is 12.5. The first kappa shape index (κ1) is 23.6. The number of benzene rings is 1. The number of nitro groups is 1. The number of aromatic nitrogens is 1. The smallest absolute Gasteiger partial charge is 0.293 e. The van der Waals surface area contributed by atoms with Crippen LogP contribution in [0.4, 0.5) is 11.4 Å². The number of hydrogen-bond acceptors (Lipinski definition) is 6. The molecule has 10 heteroatoms. The fraction of sp³-hybridized carbons (Fsp3) is 0.333. The number of carbonyl (C=O) groups excluding carboxylic acids is 1. The van der Waals surface area contributed by atoms with Crippen LogP contribution in [-0.4, -0.2) is 39.8 Å². The molecular weight excluding hydrogens is 405 g/mol. The fourth-order valence-electron chi connectivity index (χ4n) is 3.03. The fourth-order valence-corrected chi connectivity index (χ4v) is 3.03. The van der Waals surface area contributed by atoms with Crippen molar-refractivity contribution in [1.82, 2.24) is 9.88 Å². The van der Waals surface area contributed by atoms with Crippen molar-refractivity contribution in [2.24, 2.45) is 5.73 Å². The first-order valence-electron chi connectivity index (χ1n) is 8.46. The molecule has 2 aromatic rings. The summed E-state index contributed by atoms with van der Waals surface area (Å²) in [6, 6.07) is 9.76. The van der Waals surface area contributed by atoms with E-state index in [1.165, 1.54) is 6.07 Å². The van der Waals surface area contributed by atoms with Crippen molar-refractivity contribution < 1.29 is 9.72 Å². The molecule has 3 rings (SSSR count). The Kier molecular flexibility index (Phi) is 8.62. The molecule has 0 bridgehead atoms. The summed E-state index contributed by atoms with van der Waals surface area (Å²) >= 11 is 0. The van der Waals surface area contributed by atoms with E-state index in [2.05, 4.69) is 10.3 Å². The van der Waals surface area contributed by atoms with Gasteiger partial charge in [0.1, 0.15) is 5.69 Å². The van der Waals surface area contributed by atoms with Crippen LogP contribution < -0.4 is 11.1 Å². The molecule has 1 aliphatic rings. The molecule has 2 atom stereocenters. The van der Waals surface area contributed by atoms with Gasteiger partial charge in [0.15, 0.2) is 0 Å². The van der Waals surface area contributed by atoms with E-state index in [1.54, 1.807) is 23.2 Å². The summed E-state index contributed by atoms with van der Waals surface area (Å²) in [5.74, 6) is -0.231. The second-order valence-corrected chi connectivity index (χ2v) is 6.41. The highest BCUT2D eigenvalue weighted by Crippen LogP contribution is 2.29. The van der Waals surface area contributed by atoms with E-state index in [9.17, 15) is 14.9 Å². The maximum Gasteiger partial charge on any atom is 0.293 e. The highest BCUT2D eigenvalue weighted by Gasteiger charge is 2.26. The molecule has 1 aromatic carbocycles. The van der Waals surface area contributed by atoms with Gasteiger partial charge in [0.25, 0.3) is 11.6 Å². The average molecular weight is 428 g/mol. The predicted molar refractivity (Wildman–Crippen MR) is 112 cm³/mol. The number of nitro benzene ring substituents is 1. The van der Waals surface area contributed by atoms with Crippen LogP contribution in [0, 0.1) is 10.1 Å². The molecule has 1 saturated heterocycles. The van der Waals surface area contributed by atoms with E-state index in [1.807, 2.05) is 25.1 Å². The van der Waals surface area contributed by atoms with E-state index >= 15 is 0 Å². The van der Waals surface area contributed by atoms with Gasteiger partial charge in [0.05, 0.1) is 16.7 Å². The van der Waals surface area contributed by atoms with Crippen molar-refractivity contribution in [3.63, 3.8) is 0 Å². The minimum Gasteiger partial charge on any atom is -0.371 e. The molecule has 0 spiro atoms. The van der Waals surface area contributed by atoms with Gasteiger partial charge >= 0.3 is 0 Å². The number of nitrogens with zero attached hydrogens (tertiary/aromatic N) is 3. The Morgan fingerprint density at radius 3 is 2.68 bits per heavy atom. The zero-order valence-corrected chi connectivity index (χ0v) is 16.9. The molecule has 1 aliphatic heterocycles. The van der Waals surface area contributed by atoms with Crippen LogP contribution in [0.15, 0.2) is 42.6 Å². The van der Waals surface area contributed by atoms with E-state index < -0.39 is 4.92 Å². The van der Waals surface area contributed by atoms with Gasteiger partial charge in [-0.1, -0.05) is 6.07 Å². The van der Waals surface area contributed by atoms with Crippen molar-refractivity contribution in [3.05, 3.63) is 64.0 Å². The van der Waals surface area contributed by atoms with E-state index in [0.717, 1.165) is 12.1 Å². The number of likely N-dealkylation sites (tertiary alicyclic amines) is 1. The summed E-state index contributed by atoms with van der Waals surface area (Å²) in [7, 11) is 0. The number of carbonyl (C=O) groups is 1.